The van der Waals surface area contributed by atoms with Gasteiger partial charge in [-0.25, -0.2) is 4.98 Å². The van der Waals surface area contributed by atoms with Gasteiger partial charge in [-0.3, -0.25) is 9.69 Å². The molecule has 5 nitrogen and oxygen atoms in total. The molecule has 8 heteroatoms. The van der Waals surface area contributed by atoms with E-state index >= 15 is 0 Å². The van der Waals surface area contributed by atoms with Gasteiger partial charge in [0.2, 0.25) is 0 Å². The SMILES string of the molecule is Cc1ccc(OCC(=O)N(CCCN(C)C)c2nc3ccc(Br)cc3s2)cc1.Cl. The predicted octanol–water partition coefficient (Wildman–Crippen LogP) is 5.15. The van der Waals surface area contributed by atoms with Crippen LogP contribution in [0.25, 0.3) is 10.2 Å². The van der Waals surface area contributed by atoms with Crippen molar-refractivity contribution in [3.63, 3.8) is 0 Å². The first kappa shape index (κ1) is 23.6. The number of fused-ring (bicyclic) bond motifs is 1. The van der Waals surface area contributed by atoms with Crippen molar-refractivity contribution in [2.75, 3.05) is 38.7 Å². The van der Waals surface area contributed by atoms with Gasteiger partial charge >= 0.3 is 0 Å². The molecule has 3 aromatic rings. The van der Waals surface area contributed by atoms with Crippen LogP contribution in [0.1, 0.15) is 12.0 Å². The molecule has 0 atom stereocenters. The van der Waals surface area contributed by atoms with E-state index in [1.165, 1.54) is 11.3 Å². The molecule has 0 radical (unpaired) electrons. The third-order valence-corrected chi connectivity index (χ3v) is 5.78. The summed E-state index contributed by atoms with van der Waals surface area (Å²) in [5.41, 5.74) is 2.05. The minimum atomic E-state index is -0.0857. The zero-order valence-electron chi connectivity index (χ0n) is 16.7. The number of hydrogen-bond donors (Lipinski definition) is 0. The van der Waals surface area contributed by atoms with Crippen molar-refractivity contribution >= 4 is 60.9 Å². The highest BCUT2D eigenvalue weighted by Gasteiger charge is 2.20. The molecule has 29 heavy (non-hydrogen) atoms. The Morgan fingerprint density at radius 1 is 1.14 bits per heavy atom. The number of aryl methyl sites for hydroxylation is 1. The molecule has 3 rings (SSSR count). The Hall–Kier alpha value is -1.67. The van der Waals surface area contributed by atoms with Crippen LogP contribution in [0.3, 0.4) is 0 Å². The highest BCUT2D eigenvalue weighted by Crippen LogP contribution is 2.31. The molecule has 0 aliphatic rings. The molecule has 156 valence electrons. The number of carbonyl (C=O) groups excluding carboxylic acids is 1. The van der Waals surface area contributed by atoms with E-state index < -0.39 is 0 Å². The van der Waals surface area contributed by atoms with E-state index in [4.69, 9.17) is 4.74 Å². The molecule has 0 aliphatic carbocycles. The average Bonchev–Trinajstić information content (AvgIpc) is 3.07. The molecule has 0 unspecified atom stereocenters. The van der Waals surface area contributed by atoms with Gasteiger partial charge in [0.15, 0.2) is 11.7 Å². The van der Waals surface area contributed by atoms with E-state index in [1.807, 2.05) is 63.5 Å². The Balaban J connectivity index is 0.00000300. The lowest BCUT2D eigenvalue weighted by atomic mass is 10.2. The molecule has 0 saturated heterocycles. The maximum Gasteiger partial charge on any atom is 0.266 e. The van der Waals surface area contributed by atoms with Crippen LogP contribution in [-0.4, -0.2) is 49.6 Å². The van der Waals surface area contributed by atoms with Crippen LogP contribution in [0.15, 0.2) is 46.9 Å². The number of thiazole rings is 1. The number of ether oxygens (including phenoxy) is 1. The largest absolute Gasteiger partial charge is 0.484 e. The van der Waals surface area contributed by atoms with Crippen LogP contribution in [-0.2, 0) is 4.79 Å². The smallest absolute Gasteiger partial charge is 0.266 e. The molecule has 2 aromatic carbocycles. The fourth-order valence-corrected chi connectivity index (χ4v) is 4.29. The topological polar surface area (TPSA) is 45.7 Å². The first-order valence-electron chi connectivity index (χ1n) is 9.13. The molecular weight excluding hydrogens is 474 g/mol. The number of aromatic nitrogens is 1. The quantitative estimate of drug-likeness (QED) is 0.431. The van der Waals surface area contributed by atoms with Gasteiger partial charge < -0.3 is 9.64 Å². The number of rotatable bonds is 8. The molecule has 0 aliphatic heterocycles. The Bertz CT molecular complexity index is 947. The van der Waals surface area contributed by atoms with E-state index in [2.05, 4.69) is 25.8 Å². The summed E-state index contributed by atoms with van der Waals surface area (Å²) in [5.74, 6) is 0.609. The van der Waals surface area contributed by atoms with Crippen LogP contribution in [0.2, 0.25) is 0 Å². The third kappa shape index (κ3) is 6.67. The summed E-state index contributed by atoms with van der Waals surface area (Å²) in [6.45, 7) is 3.52. The molecule has 1 aromatic heterocycles. The molecule has 0 fully saturated rings. The van der Waals surface area contributed by atoms with E-state index in [-0.39, 0.29) is 24.9 Å². The Morgan fingerprint density at radius 2 is 1.86 bits per heavy atom. The monoisotopic (exact) mass is 497 g/mol. The van der Waals surface area contributed by atoms with Crippen molar-refractivity contribution < 1.29 is 9.53 Å². The second-order valence-corrected chi connectivity index (χ2v) is 8.84. The summed E-state index contributed by atoms with van der Waals surface area (Å²) >= 11 is 5.02. The van der Waals surface area contributed by atoms with Crippen molar-refractivity contribution in [1.29, 1.82) is 0 Å². The van der Waals surface area contributed by atoms with E-state index in [1.54, 1.807) is 4.90 Å². The van der Waals surface area contributed by atoms with Crippen LogP contribution in [0.5, 0.6) is 5.75 Å². The first-order valence-corrected chi connectivity index (χ1v) is 10.7. The van der Waals surface area contributed by atoms with Gasteiger partial charge in [-0.1, -0.05) is 45.0 Å². The highest BCUT2D eigenvalue weighted by atomic mass is 79.9. The summed E-state index contributed by atoms with van der Waals surface area (Å²) < 4.78 is 7.77. The summed E-state index contributed by atoms with van der Waals surface area (Å²) in [6, 6.07) is 13.7. The van der Waals surface area contributed by atoms with Gasteiger partial charge in [0.1, 0.15) is 5.75 Å². The number of nitrogens with zero attached hydrogens (tertiary/aromatic N) is 3. The van der Waals surface area contributed by atoms with Crippen LogP contribution < -0.4 is 9.64 Å². The standard InChI is InChI=1S/C21H24BrN3O2S.ClH/c1-15-5-8-17(9-6-15)27-14-20(26)25(12-4-11-24(2)3)21-23-18-10-7-16(22)13-19(18)28-21;/h5-10,13H,4,11-12,14H2,1-3H3;1H. The maximum atomic E-state index is 12.9. The second kappa shape index (κ2) is 10.9. The van der Waals surface area contributed by atoms with Gasteiger partial charge in [0.05, 0.1) is 10.2 Å². The van der Waals surface area contributed by atoms with E-state index in [0.717, 1.165) is 33.2 Å². The number of amides is 1. The van der Waals surface area contributed by atoms with Gasteiger partial charge in [-0.15, -0.1) is 12.4 Å². The van der Waals surface area contributed by atoms with Crippen LogP contribution in [0.4, 0.5) is 5.13 Å². The maximum absolute atomic E-state index is 12.9. The summed E-state index contributed by atoms with van der Waals surface area (Å²) in [7, 11) is 4.06. The van der Waals surface area contributed by atoms with E-state index in [9.17, 15) is 4.79 Å². The molecule has 0 bridgehead atoms. The zero-order valence-corrected chi connectivity index (χ0v) is 19.9. The second-order valence-electron chi connectivity index (χ2n) is 6.91. The highest BCUT2D eigenvalue weighted by molar-refractivity contribution is 9.10. The zero-order chi connectivity index (χ0) is 20.1. The van der Waals surface area contributed by atoms with Crippen LogP contribution in [0, 0.1) is 6.92 Å². The van der Waals surface area contributed by atoms with E-state index in [0.29, 0.717) is 17.4 Å². The number of anilines is 1. The van der Waals surface area contributed by atoms with Crippen molar-refractivity contribution in [1.82, 2.24) is 9.88 Å². The lowest BCUT2D eigenvalue weighted by Gasteiger charge is -2.21. The van der Waals surface area contributed by atoms with Gasteiger partial charge in [0, 0.05) is 11.0 Å². The van der Waals surface area contributed by atoms with Crippen molar-refractivity contribution in [2.45, 2.75) is 13.3 Å². The summed E-state index contributed by atoms with van der Waals surface area (Å²) in [5, 5.41) is 0.712. The van der Waals surface area contributed by atoms with Gasteiger partial charge in [-0.05, 0) is 64.3 Å². The minimum Gasteiger partial charge on any atom is -0.484 e. The first-order chi connectivity index (χ1) is 13.4. The predicted molar refractivity (Wildman–Crippen MR) is 127 cm³/mol. The Morgan fingerprint density at radius 3 is 2.55 bits per heavy atom. The minimum absolute atomic E-state index is 0. The molecule has 0 saturated carbocycles. The number of hydrogen-bond acceptors (Lipinski definition) is 5. The van der Waals surface area contributed by atoms with Crippen LogP contribution >= 0.6 is 39.7 Å². The lowest BCUT2D eigenvalue weighted by Crippen LogP contribution is -2.36. The fourth-order valence-electron chi connectivity index (χ4n) is 2.73. The Labute approximate surface area is 190 Å². The molecule has 0 N–H and O–H groups in total. The lowest BCUT2D eigenvalue weighted by molar-refractivity contribution is -0.120. The van der Waals surface area contributed by atoms with Gasteiger partial charge in [0.25, 0.3) is 5.91 Å². The van der Waals surface area contributed by atoms with Crippen molar-refractivity contribution in [3.05, 3.63) is 52.5 Å². The normalized spacial score (nSPS) is 10.8. The third-order valence-electron chi connectivity index (χ3n) is 4.24. The van der Waals surface area contributed by atoms with Gasteiger partial charge in [-0.2, -0.15) is 0 Å². The molecule has 1 heterocycles. The van der Waals surface area contributed by atoms with Crippen molar-refractivity contribution in [2.24, 2.45) is 0 Å². The number of carbonyl (C=O) groups is 1. The number of halogens is 2. The van der Waals surface area contributed by atoms with Crippen molar-refractivity contribution in [3.8, 4) is 5.75 Å². The molecule has 1 amide bonds. The number of benzene rings is 2. The average molecular weight is 499 g/mol. The summed E-state index contributed by atoms with van der Waals surface area (Å²) in [4.78, 5) is 21.5. The summed E-state index contributed by atoms with van der Waals surface area (Å²) in [6.07, 6.45) is 0.864. The molecular formula is C21H25BrClN3O2S. The Kier molecular flexibility index (Phi) is 8.89. The fraction of sp³-hybridized carbons (Fsp3) is 0.333. The molecule has 0 spiro atoms.